The van der Waals surface area contributed by atoms with E-state index in [2.05, 4.69) is 4.98 Å². The molecule has 0 N–H and O–H groups in total. The molecule has 0 saturated heterocycles. The third-order valence-corrected chi connectivity index (χ3v) is 2.49. The van der Waals surface area contributed by atoms with E-state index in [9.17, 15) is 4.79 Å². The molecule has 0 fully saturated rings. The molecule has 4 heteroatoms. The summed E-state index contributed by atoms with van der Waals surface area (Å²) in [4.78, 5) is 17.5. The molecule has 0 saturated carbocycles. The second-order valence-corrected chi connectivity index (χ2v) is 3.48. The molecule has 0 aliphatic carbocycles. The number of nitrogens with zero attached hydrogens (tertiary/aromatic N) is 2. The number of hydrogen-bond acceptors (Lipinski definition) is 3. The van der Waals surface area contributed by atoms with Crippen molar-refractivity contribution >= 4 is 6.09 Å². The van der Waals surface area contributed by atoms with Gasteiger partial charge in [-0.2, -0.15) is 0 Å². The first kappa shape index (κ1) is 9.96. The van der Waals surface area contributed by atoms with Gasteiger partial charge < -0.3 is 9.64 Å². The first-order chi connectivity index (χ1) is 7.31. The van der Waals surface area contributed by atoms with Gasteiger partial charge in [0.2, 0.25) is 0 Å². The Labute approximate surface area is 88.9 Å². The first-order valence-corrected chi connectivity index (χ1v) is 5.15. The Bertz CT molecular complexity index is 365. The number of hydrogen-bond donors (Lipinski definition) is 0. The quantitative estimate of drug-likeness (QED) is 0.700. The van der Waals surface area contributed by atoms with Crippen LogP contribution in [0.5, 0.6) is 0 Å². The van der Waals surface area contributed by atoms with Crippen LogP contribution in [0.15, 0.2) is 18.3 Å². The maximum absolute atomic E-state index is 11.5. The summed E-state index contributed by atoms with van der Waals surface area (Å²) in [5, 5.41) is 0. The molecule has 15 heavy (non-hydrogen) atoms. The minimum absolute atomic E-state index is 0.230. The van der Waals surface area contributed by atoms with Gasteiger partial charge in [-0.25, -0.2) is 4.79 Å². The molecule has 0 bridgehead atoms. The zero-order valence-corrected chi connectivity index (χ0v) is 8.77. The average Bonchev–Trinajstić information content (AvgIpc) is 2.29. The summed E-state index contributed by atoms with van der Waals surface area (Å²) in [6.07, 6.45) is 2.38. The number of pyridine rings is 1. The molecule has 0 radical (unpaired) electrons. The van der Waals surface area contributed by atoms with Crippen LogP contribution in [0.25, 0.3) is 0 Å². The summed E-state index contributed by atoms with van der Waals surface area (Å²) in [5.41, 5.74) is 2.22. The number of carbonyl (C=O) groups is 1. The number of rotatable bonds is 1. The summed E-state index contributed by atoms with van der Waals surface area (Å²) >= 11 is 0. The summed E-state index contributed by atoms with van der Waals surface area (Å²) < 4.78 is 4.96. The van der Waals surface area contributed by atoms with Crippen LogP contribution in [0.3, 0.4) is 0 Å². The van der Waals surface area contributed by atoms with Crippen LogP contribution < -0.4 is 0 Å². The Morgan fingerprint density at radius 3 is 3.33 bits per heavy atom. The largest absolute Gasteiger partial charge is 0.450 e. The van der Waals surface area contributed by atoms with Crippen molar-refractivity contribution in [3.05, 3.63) is 29.6 Å². The van der Waals surface area contributed by atoms with Gasteiger partial charge in [-0.1, -0.05) is 6.07 Å². The molecule has 1 aliphatic rings. The molecule has 4 nitrogen and oxygen atoms in total. The monoisotopic (exact) mass is 206 g/mol. The van der Waals surface area contributed by atoms with Gasteiger partial charge in [-0.05, 0) is 18.6 Å². The number of aromatic nitrogens is 1. The van der Waals surface area contributed by atoms with Gasteiger partial charge in [-0.3, -0.25) is 4.98 Å². The lowest BCUT2D eigenvalue weighted by Gasteiger charge is -2.27. The molecule has 1 aliphatic heterocycles. The maximum atomic E-state index is 11.5. The fraction of sp³-hybridized carbons (Fsp3) is 0.455. The van der Waals surface area contributed by atoms with Gasteiger partial charge in [0.15, 0.2) is 0 Å². The third-order valence-electron chi connectivity index (χ3n) is 2.49. The van der Waals surface area contributed by atoms with Crippen molar-refractivity contribution in [2.24, 2.45) is 0 Å². The van der Waals surface area contributed by atoms with Crippen molar-refractivity contribution in [2.45, 2.75) is 19.9 Å². The Morgan fingerprint density at radius 2 is 2.53 bits per heavy atom. The van der Waals surface area contributed by atoms with Crippen LogP contribution in [0.1, 0.15) is 18.2 Å². The molecule has 1 aromatic heterocycles. The summed E-state index contributed by atoms with van der Waals surface area (Å²) in [6, 6.07) is 3.90. The summed E-state index contributed by atoms with van der Waals surface area (Å²) in [6.45, 7) is 3.55. The molecule has 0 spiro atoms. The van der Waals surface area contributed by atoms with E-state index in [1.165, 1.54) is 0 Å². The van der Waals surface area contributed by atoms with Crippen LogP contribution in [0.4, 0.5) is 4.79 Å². The Hall–Kier alpha value is -1.58. The molecule has 1 aromatic rings. The number of fused-ring (bicyclic) bond motifs is 1. The van der Waals surface area contributed by atoms with Gasteiger partial charge in [-0.15, -0.1) is 0 Å². The molecule has 2 heterocycles. The third kappa shape index (κ3) is 2.09. The molecule has 1 amide bonds. The molecule has 0 aromatic carbocycles. The highest BCUT2D eigenvalue weighted by molar-refractivity contribution is 5.68. The highest BCUT2D eigenvalue weighted by Gasteiger charge is 2.21. The van der Waals surface area contributed by atoms with E-state index >= 15 is 0 Å². The molecular weight excluding hydrogens is 192 g/mol. The Kier molecular flexibility index (Phi) is 2.85. The first-order valence-electron chi connectivity index (χ1n) is 5.15. The van der Waals surface area contributed by atoms with Crippen molar-refractivity contribution in [1.82, 2.24) is 9.88 Å². The number of amides is 1. The van der Waals surface area contributed by atoms with Crippen LogP contribution in [0.2, 0.25) is 0 Å². The molecule has 0 unspecified atom stereocenters. The minimum Gasteiger partial charge on any atom is -0.450 e. The zero-order valence-electron chi connectivity index (χ0n) is 8.77. The number of ether oxygens (including phenoxy) is 1. The van der Waals surface area contributed by atoms with Crippen molar-refractivity contribution in [1.29, 1.82) is 0 Å². The van der Waals surface area contributed by atoms with Gasteiger partial charge >= 0.3 is 6.09 Å². The van der Waals surface area contributed by atoms with E-state index in [1.54, 1.807) is 11.1 Å². The summed E-state index contributed by atoms with van der Waals surface area (Å²) in [7, 11) is 0. The SMILES string of the molecule is CCOC(=O)N1CCc2ncccc2C1. The highest BCUT2D eigenvalue weighted by Crippen LogP contribution is 2.16. The van der Waals surface area contributed by atoms with Gasteiger partial charge in [0.25, 0.3) is 0 Å². The standard InChI is InChI=1S/C11H14N2O2/c1-2-15-11(14)13-7-5-10-9(8-13)4-3-6-12-10/h3-4,6H,2,5,7-8H2,1H3. The van der Waals surface area contributed by atoms with Gasteiger partial charge in [0.05, 0.1) is 13.2 Å². The smallest absolute Gasteiger partial charge is 0.410 e. The average molecular weight is 206 g/mol. The highest BCUT2D eigenvalue weighted by atomic mass is 16.6. The Balaban J connectivity index is 2.08. The van der Waals surface area contributed by atoms with Gasteiger partial charge in [0, 0.05) is 24.9 Å². The van der Waals surface area contributed by atoms with E-state index in [-0.39, 0.29) is 6.09 Å². The second kappa shape index (κ2) is 4.29. The normalized spacial score (nSPS) is 14.6. The van der Waals surface area contributed by atoms with Crippen molar-refractivity contribution in [2.75, 3.05) is 13.2 Å². The molecule has 0 atom stereocenters. The van der Waals surface area contributed by atoms with E-state index in [4.69, 9.17) is 4.74 Å². The predicted octanol–water partition coefficient (Wildman–Crippen LogP) is 1.60. The van der Waals surface area contributed by atoms with Crippen LogP contribution in [0, 0.1) is 0 Å². The van der Waals surface area contributed by atoms with Crippen LogP contribution in [-0.4, -0.2) is 29.1 Å². The van der Waals surface area contributed by atoms with E-state index in [1.807, 2.05) is 19.1 Å². The van der Waals surface area contributed by atoms with Crippen molar-refractivity contribution in [3.8, 4) is 0 Å². The molecule has 80 valence electrons. The van der Waals surface area contributed by atoms with E-state index in [0.717, 1.165) is 17.7 Å². The lowest BCUT2D eigenvalue weighted by Crippen LogP contribution is -2.36. The fourth-order valence-corrected chi connectivity index (χ4v) is 1.74. The summed E-state index contributed by atoms with van der Waals surface area (Å²) in [5.74, 6) is 0. The molecule has 2 rings (SSSR count). The van der Waals surface area contributed by atoms with Crippen LogP contribution >= 0.6 is 0 Å². The zero-order chi connectivity index (χ0) is 10.7. The lowest BCUT2D eigenvalue weighted by atomic mass is 10.1. The lowest BCUT2D eigenvalue weighted by molar-refractivity contribution is 0.102. The van der Waals surface area contributed by atoms with Gasteiger partial charge in [0.1, 0.15) is 0 Å². The topological polar surface area (TPSA) is 42.4 Å². The minimum atomic E-state index is -0.230. The van der Waals surface area contributed by atoms with E-state index in [0.29, 0.717) is 19.7 Å². The predicted molar refractivity (Wildman–Crippen MR) is 55.4 cm³/mol. The van der Waals surface area contributed by atoms with Crippen molar-refractivity contribution < 1.29 is 9.53 Å². The Morgan fingerprint density at radius 1 is 1.67 bits per heavy atom. The maximum Gasteiger partial charge on any atom is 0.410 e. The second-order valence-electron chi connectivity index (χ2n) is 3.48. The van der Waals surface area contributed by atoms with Crippen molar-refractivity contribution in [3.63, 3.8) is 0 Å². The van der Waals surface area contributed by atoms with Crippen LogP contribution in [-0.2, 0) is 17.7 Å². The fourth-order valence-electron chi connectivity index (χ4n) is 1.74. The molecular formula is C11H14N2O2. The number of carbonyl (C=O) groups excluding carboxylic acids is 1. The van der Waals surface area contributed by atoms with E-state index < -0.39 is 0 Å².